The Kier molecular flexibility index (Phi) is 4.44. The van der Waals surface area contributed by atoms with Crippen LogP contribution in [-0.4, -0.2) is 15.3 Å². The van der Waals surface area contributed by atoms with Crippen LogP contribution < -0.4 is 0 Å². The van der Waals surface area contributed by atoms with Gasteiger partial charge < -0.3 is 4.57 Å². The third kappa shape index (κ3) is 3.50. The Morgan fingerprint density at radius 2 is 2.05 bits per heavy atom. The van der Waals surface area contributed by atoms with Gasteiger partial charge in [0.2, 0.25) is 0 Å². The van der Waals surface area contributed by atoms with Gasteiger partial charge in [-0.25, -0.2) is 9.37 Å². The molecule has 1 aromatic heterocycles. The molecule has 0 fully saturated rings. The van der Waals surface area contributed by atoms with Gasteiger partial charge >= 0.3 is 0 Å². The van der Waals surface area contributed by atoms with E-state index in [-0.39, 0.29) is 11.6 Å². The van der Waals surface area contributed by atoms with E-state index in [0.717, 1.165) is 25.2 Å². The van der Waals surface area contributed by atoms with Gasteiger partial charge in [-0.3, -0.25) is 4.79 Å². The van der Waals surface area contributed by atoms with Crippen molar-refractivity contribution < 1.29 is 9.18 Å². The smallest absolute Gasteiger partial charge is 0.162 e. The number of benzene rings is 1. The van der Waals surface area contributed by atoms with Crippen molar-refractivity contribution in [1.82, 2.24) is 9.55 Å². The summed E-state index contributed by atoms with van der Waals surface area (Å²) in [5, 5.41) is 0. The Bertz CT molecular complexity index is 546. The fourth-order valence-corrected chi connectivity index (χ4v) is 2.05. The zero-order chi connectivity index (χ0) is 13.7. The van der Waals surface area contributed by atoms with E-state index in [0.29, 0.717) is 12.0 Å². The molecule has 0 aliphatic rings. The Morgan fingerprint density at radius 3 is 2.74 bits per heavy atom. The van der Waals surface area contributed by atoms with Crippen LogP contribution in [0.3, 0.4) is 0 Å². The van der Waals surface area contributed by atoms with Crippen molar-refractivity contribution in [3.63, 3.8) is 0 Å². The predicted molar refractivity (Wildman–Crippen MR) is 71.6 cm³/mol. The lowest BCUT2D eigenvalue weighted by Crippen LogP contribution is -2.05. The van der Waals surface area contributed by atoms with Crippen LogP contribution in [0.5, 0.6) is 0 Å². The van der Waals surface area contributed by atoms with Gasteiger partial charge in [-0.15, -0.1) is 0 Å². The topological polar surface area (TPSA) is 34.9 Å². The summed E-state index contributed by atoms with van der Waals surface area (Å²) in [6.45, 7) is 2.85. The minimum atomic E-state index is -0.317. The highest BCUT2D eigenvalue weighted by atomic mass is 19.1. The van der Waals surface area contributed by atoms with Crippen LogP contribution in [0.25, 0.3) is 0 Å². The van der Waals surface area contributed by atoms with Gasteiger partial charge in [-0.05, 0) is 30.7 Å². The molecule has 0 saturated heterocycles. The molecule has 1 aromatic carbocycles. The van der Waals surface area contributed by atoms with Crippen LogP contribution in [0.15, 0.2) is 36.7 Å². The average molecular weight is 260 g/mol. The molecule has 4 heteroatoms. The molecule has 0 aliphatic heterocycles. The summed E-state index contributed by atoms with van der Waals surface area (Å²) in [4.78, 5) is 16.1. The largest absolute Gasteiger partial charge is 0.335 e. The number of nitrogens with zero attached hydrogens (tertiary/aromatic N) is 2. The molecular weight excluding hydrogens is 243 g/mol. The Labute approximate surface area is 112 Å². The molecule has 2 aromatic rings. The Hall–Kier alpha value is -1.97. The minimum absolute atomic E-state index is 0.0539. The van der Waals surface area contributed by atoms with Gasteiger partial charge in [0.25, 0.3) is 0 Å². The lowest BCUT2D eigenvalue weighted by Gasteiger charge is -2.06. The van der Waals surface area contributed by atoms with Crippen molar-refractivity contribution in [2.75, 3.05) is 0 Å². The highest BCUT2D eigenvalue weighted by molar-refractivity contribution is 5.95. The van der Waals surface area contributed by atoms with E-state index in [1.54, 1.807) is 6.20 Å². The normalized spacial score (nSPS) is 10.6. The van der Waals surface area contributed by atoms with E-state index in [1.165, 1.54) is 24.3 Å². The molecule has 0 unspecified atom stereocenters. The molecule has 0 bridgehead atoms. The standard InChI is InChI=1S/C15H17FN2O/c1-2-15-17-9-11-18(15)10-3-4-14(19)12-5-7-13(16)8-6-12/h5-9,11H,2-4,10H2,1H3. The van der Waals surface area contributed by atoms with Crippen LogP contribution in [0, 0.1) is 5.82 Å². The number of aryl methyl sites for hydroxylation is 2. The van der Waals surface area contributed by atoms with Crippen molar-refractivity contribution in [3.8, 4) is 0 Å². The van der Waals surface area contributed by atoms with Gasteiger partial charge in [-0.1, -0.05) is 6.92 Å². The summed E-state index contributed by atoms with van der Waals surface area (Å²) in [6, 6.07) is 5.70. The van der Waals surface area contributed by atoms with Crippen molar-refractivity contribution in [1.29, 1.82) is 0 Å². The molecule has 0 atom stereocenters. The first-order valence-corrected chi connectivity index (χ1v) is 6.49. The molecule has 3 nitrogen and oxygen atoms in total. The van der Waals surface area contributed by atoms with Crippen LogP contribution >= 0.6 is 0 Å². The number of hydrogen-bond donors (Lipinski definition) is 0. The lowest BCUT2D eigenvalue weighted by molar-refractivity contribution is 0.0978. The van der Waals surface area contributed by atoms with Crippen molar-refractivity contribution in [2.45, 2.75) is 32.7 Å². The first kappa shape index (κ1) is 13.5. The molecule has 100 valence electrons. The Balaban J connectivity index is 1.86. The van der Waals surface area contributed by atoms with Crippen molar-refractivity contribution >= 4 is 5.78 Å². The number of imidazole rings is 1. The van der Waals surface area contributed by atoms with Gasteiger partial charge in [0.05, 0.1) is 0 Å². The van der Waals surface area contributed by atoms with E-state index in [9.17, 15) is 9.18 Å². The third-order valence-electron chi connectivity index (χ3n) is 3.09. The molecule has 19 heavy (non-hydrogen) atoms. The predicted octanol–water partition coefficient (Wildman–Crippen LogP) is 3.25. The maximum absolute atomic E-state index is 12.7. The highest BCUT2D eigenvalue weighted by Crippen LogP contribution is 2.09. The zero-order valence-corrected chi connectivity index (χ0v) is 11.0. The first-order valence-electron chi connectivity index (χ1n) is 6.49. The quantitative estimate of drug-likeness (QED) is 0.747. The summed E-state index contributed by atoms with van der Waals surface area (Å²) in [7, 11) is 0. The monoisotopic (exact) mass is 260 g/mol. The average Bonchev–Trinajstić information content (AvgIpc) is 2.87. The first-order chi connectivity index (χ1) is 9.20. The van der Waals surface area contributed by atoms with Gasteiger partial charge in [0.15, 0.2) is 5.78 Å². The molecule has 2 rings (SSSR count). The molecule has 0 spiro atoms. The number of rotatable bonds is 6. The van der Waals surface area contributed by atoms with E-state index >= 15 is 0 Å². The highest BCUT2D eigenvalue weighted by Gasteiger charge is 2.06. The van der Waals surface area contributed by atoms with E-state index in [4.69, 9.17) is 0 Å². The number of Topliss-reactive ketones (excluding diaryl/α,β-unsaturated/α-hetero) is 1. The maximum Gasteiger partial charge on any atom is 0.162 e. The summed E-state index contributed by atoms with van der Waals surface area (Å²) < 4.78 is 14.8. The van der Waals surface area contributed by atoms with Gasteiger partial charge in [0.1, 0.15) is 11.6 Å². The maximum atomic E-state index is 12.7. The molecule has 0 amide bonds. The van der Waals surface area contributed by atoms with Gasteiger partial charge in [0, 0.05) is 37.3 Å². The molecule has 0 saturated carbocycles. The fourth-order valence-electron chi connectivity index (χ4n) is 2.05. The molecule has 1 heterocycles. The number of ketones is 1. The van der Waals surface area contributed by atoms with Crippen LogP contribution in [0.4, 0.5) is 4.39 Å². The summed E-state index contributed by atoms with van der Waals surface area (Å²) in [5.74, 6) is 0.773. The number of halogens is 1. The van der Waals surface area contributed by atoms with Crippen molar-refractivity contribution in [3.05, 3.63) is 53.9 Å². The number of aromatic nitrogens is 2. The molecular formula is C15H17FN2O. The fraction of sp³-hybridized carbons (Fsp3) is 0.333. The number of carbonyl (C=O) groups excluding carboxylic acids is 1. The molecule has 0 aliphatic carbocycles. The summed E-state index contributed by atoms with van der Waals surface area (Å²) in [6.07, 6.45) is 5.83. The molecule has 0 N–H and O–H groups in total. The zero-order valence-electron chi connectivity index (χ0n) is 11.0. The van der Waals surface area contributed by atoms with E-state index in [1.807, 2.05) is 6.20 Å². The van der Waals surface area contributed by atoms with Gasteiger partial charge in [-0.2, -0.15) is 0 Å². The second-order valence-corrected chi connectivity index (χ2v) is 4.42. The van der Waals surface area contributed by atoms with E-state index in [2.05, 4.69) is 16.5 Å². The number of carbonyl (C=O) groups is 1. The third-order valence-corrected chi connectivity index (χ3v) is 3.09. The lowest BCUT2D eigenvalue weighted by atomic mass is 10.1. The van der Waals surface area contributed by atoms with Crippen LogP contribution in [0.1, 0.15) is 35.9 Å². The second-order valence-electron chi connectivity index (χ2n) is 4.42. The van der Waals surface area contributed by atoms with Crippen LogP contribution in [-0.2, 0) is 13.0 Å². The van der Waals surface area contributed by atoms with Crippen molar-refractivity contribution in [2.24, 2.45) is 0 Å². The second kappa shape index (κ2) is 6.27. The summed E-state index contributed by atoms with van der Waals surface area (Å²) in [5.41, 5.74) is 0.572. The molecule has 0 radical (unpaired) electrons. The number of hydrogen-bond acceptors (Lipinski definition) is 2. The minimum Gasteiger partial charge on any atom is -0.335 e. The SMILES string of the molecule is CCc1nccn1CCCC(=O)c1ccc(F)cc1. The van der Waals surface area contributed by atoms with E-state index < -0.39 is 0 Å². The summed E-state index contributed by atoms with van der Waals surface area (Å²) >= 11 is 0. The Morgan fingerprint density at radius 1 is 1.32 bits per heavy atom. The van der Waals surface area contributed by atoms with Crippen LogP contribution in [0.2, 0.25) is 0 Å².